The van der Waals surface area contributed by atoms with Gasteiger partial charge < -0.3 is 20.4 Å². The third kappa shape index (κ3) is 4.16. The molecule has 16 heteroatoms. The molecular formula is C24H20F12O4. The van der Waals surface area contributed by atoms with Crippen LogP contribution in [0.15, 0.2) is 30.3 Å². The van der Waals surface area contributed by atoms with Crippen molar-refractivity contribution in [1.29, 1.82) is 0 Å². The van der Waals surface area contributed by atoms with Gasteiger partial charge in [-0.2, -0.15) is 52.7 Å². The van der Waals surface area contributed by atoms with Crippen LogP contribution in [0.25, 0.3) is 0 Å². The molecule has 0 spiro atoms. The minimum atomic E-state index is -6.52. The molecule has 224 valence electrons. The summed E-state index contributed by atoms with van der Waals surface area (Å²) >= 11 is 0. The summed E-state index contributed by atoms with van der Waals surface area (Å²) in [5, 5.41) is 40.3. The first-order chi connectivity index (χ1) is 17.6. The van der Waals surface area contributed by atoms with Crippen molar-refractivity contribution in [3.63, 3.8) is 0 Å². The highest BCUT2D eigenvalue weighted by atomic mass is 19.4. The van der Waals surface area contributed by atoms with E-state index in [1.54, 1.807) is 0 Å². The van der Waals surface area contributed by atoms with E-state index in [1.165, 1.54) is 13.8 Å². The number of rotatable bonds is 3. The first-order valence-electron chi connectivity index (χ1n) is 11.0. The summed E-state index contributed by atoms with van der Waals surface area (Å²) in [5.41, 5.74) is -21.7. The molecule has 0 amide bonds. The number of alkyl halides is 12. The van der Waals surface area contributed by atoms with Gasteiger partial charge >= 0.3 is 24.7 Å². The molecular weight excluding hydrogens is 580 g/mol. The lowest BCUT2D eigenvalue weighted by molar-refractivity contribution is -0.377. The number of phenols is 2. The Kier molecular flexibility index (Phi) is 6.78. The molecule has 0 aromatic heterocycles. The summed E-state index contributed by atoms with van der Waals surface area (Å²) < 4.78 is 165. The zero-order valence-corrected chi connectivity index (χ0v) is 20.4. The van der Waals surface area contributed by atoms with Gasteiger partial charge in [0.15, 0.2) is 0 Å². The zero-order chi connectivity index (χ0) is 31.3. The smallest absolute Gasteiger partial charge is 0.430 e. The second kappa shape index (κ2) is 8.57. The van der Waals surface area contributed by atoms with Gasteiger partial charge in [-0.05, 0) is 46.7 Å². The highest BCUT2D eigenvalue weighted by molar-refractivity contribution is 5.62. The van der Waals surface area contributed by atoms with Crippen LogP contribution in [0.2, 0.25) is 0 Å². The lowest BCUT2D eigenvalue weighted by Crippen LogP contribution is -2.55. The normalized spacial score (nSPS) is 20.5. The van der Waals surface area contributed by atoms with Crippen molar-refractivity contribution in [3.05, 3.63) is 58.1 Å². The maximum absolute atomic E-state index is 13.9. The van der Waals surface area contributed by atoms with E-state index in [-0.39, 0.29) is 17.7 Å². The average Bonchev–Trinajstić information content (AvgIpc) is 2.95. The first kappa shape index (κ1) is 31.6. The van der Waals surface area contributed by atoms with Gasteiger partial charge in [-0.3, -0.25) is 0 Å². The Morgan fingerprint density at radius 3 is 1.48 bits per heavy atom. The van der Waals surface area contributed by atoms with Gasteiger partial charge in [-0.25, -0.2) is 0 Å². The highest BCUT2D eigenvalue weighted by Crippen LogP contribution is 2.62. The molecule has 1 atom stereocenters. The Labute approximate surface area is 217 Å². The molecule has 0 saturated carbocycles. The van der Waals surface area contributed by atoms with Gasteiger partial charge in [-0.15, -0.1) is 0 Å². The first-order valence-corrected chi connectivity index (χ1v) is 11.0. The summed E-state index contributed by atoms with van der Waals surface area (Å²) in [6.45, 7) is 3.47. The SMILES string of the molecule is CC1(C)CC(C)(c2ccc(O)c(C(O)(C(F)(F)F)C(F)(F)F)c2)c2c1ccc(O)c2C(O)(C(F)(F)F)C(F)(F)F. The van der Waals surface area contributed by atoms with Crippen LogP contribution >= 0.6 is 0 Å². The molecule has 1 aliphatic carbocycles. The van der Waals surface area contributed by atoms with Gasteiger partial charge in [0, 0.05) is 16.5 Å². The van der Waals surface area contributed by atoms with Crippen molar-refractivity contribution in [1.82, 2.24) is 0 Å². The number of benzene rings is 2. The van der Waals surface area contributed by atoms with Gasteiger partial charge in [0.2, 0.25) is 0 Å². The van der Waals surface area contributed by atoms with Crippen LogP contribution in [-0.2, 0) is 22.0 Å². The fourth-order valence-electron chi connectivity index (χ4n) is 5.49. The second-order valence-corrected chi connectivity index (χ2v) is 10.4. The number of hydrogen-bond donors (Lipinski definition) is 4. The van der Waals surface area contributed by atoms with E-state index < -0.39 is 86.9 Å². The maximum Gasteiger partial charge on any atom is 0.430 e. The standard InChI is InChI=1S/C24H20F12O4/c1-17(2)9-18(3,10-4-6-13(37)12(8-10)19(39,21(25,26)27)22(28,29)30)15-11(17)5-7-14(38)16(15)20(40,23(31,32)33)24(34,35)36/h4-8,37-40H,9H2,1-3H3. The third-order valence-corrected chi connectivity index (χ3v) is 7.29. The number of aliphatic hydroxyl groups is 2. The number of aromatic hydroxyl groups is 2. The van der Waals surface area contributed by atoms with E-state index in [1.807, 2.05) is 0 Å². The third-order valence-electron chi connectivity index (χ3n) is 7.29. The maximum atomic E-state index is 13.9. The van der Waals surface area contributed by atoms with Crippen molar-refractivity contribution >= 4 is 0 Å². The lowest BCUT2D eigenvalue weighted by atomic mass is 9.70. The Morgan fingerprint density at radius 2 is 1.05 bits per heavy atom. The van der Waals surface area contributed by atoms with Crippen LogP contribution in [0.5, 0.6) is 11.5 Å². The monoisotopic (exact) mass is 600 g/mol. The van der Waals surface area contributed by atoms with E-state index in [2.05, 4.69) is 0 Å². The molecule has 40 heavy (non-hydrogen) atoms. The van der Waals surface area contributed by atoms with Crippen molar-refractivity contribution in [2.24, 2.45) is 0 Å². The molecule has 1 unspecified atom stereocenters. The van der Waals surface area contributed by atoms with Crippen molar-refractivity contribution in [2.45, 2.75) is 73.9 Å². The molecule has 0 heterocycles. The molecule has 4 N–H and O–H groups in total. The van der Waals surface area contributed by atoms with Crippen LogP contribution < -0.4 is 0 Å². The number of fused-ring (bicyclic) bond motifs is 1. The summed E-state index contributed by atoms with van der Waals surface area (Å²) in [5.74, 6) is -3.44. The predicted molar refractivity (Wildman–Crippen MR) is 112 cm³/mol. The predicted octanol–water partition coefficient (Wildman–Crippen LogP) is 6.71. The van der Waals surface area contributed by atoms with Gasteiger partial charge in [0.25, 0.3) is 11.2 Å². The summed E-state index contributed by atoms with van der Waals surface area (Å²) in [7, 11) is 0. The second-order valence-electron chi connectivity index (χ2n) is 10.4. The van der Waals surface area contributed by atoms with Crippen LogP contribution in [0.4, 0.5) is 52.7 Å². The van der Waals surface area contributed by atoms with E-state index in [9.17, 15) is 73.1 Å². The largest absolute Gasteiger partial charge is 0.508 e. The average molecular weight is 600 g/mol. The van der Waals surface area contributed by atoms with E-state index in [0.717, 1.165) is 13.0 Å². The molecule has 0 bridgehead atoms. The van der Waals surface area contributed by atoms with Gasteiger partial charge in [0.05, 0.1) is 0 Å². The lowest BCUT2D eigenvalue weighted by Gasteiger charge is -2.38. The van der Waals surface area contributed by atoms with Gasteiger partial charge in [0.1, 0.15) is 11.5 Å². The fourth-order valence-corrected chi connectivity index (χ4v) is 5.49. The Balaban J connectivity index is 2.52. The Bertz CT molecular complexity index is 1290. The van der Waals surface area contributed by atoms with E-state index >= 15 is 0 Å². The molecule has 0 fully saturated rings. The zero-order valence-electron chi connectivity index (χ0n) is 20.4. The number of hydrogen-bond acceptors (Lipinski definition) is 4. The van der Waals surface area contributed by atoms with Crippen molar-refractivity contribution < 1.29 is 73.1 Å². The fraction of sp³-hybridized carbons (Fsp3) is 0.500. The van der Waals surface area contributed by atoms with Crippen LogP contribution in [0, 0.1) is 0 Å². The minimum absolute atomic E-state index is 0.0322. The van der Waals surface area contributed by atoms with Crippen LogP contribution in [-0.4, -0.2) is 45.1 Å². The van der Waals surface area contributed by atoms with E-state index in [0.29, 0.717) is 12.1 Å². The van der Waals surface area contributed by atoms with Gasteiger partial charge in [-0.1, -0.05) is 32.9 Å². The highest BCUT2D eigenvalue weighted by Gasteiger charge is 2.75. The molecule has 0 radical (unpaired) electrons. The van der Waals surface area contributed by atoms with Crippen LogP contribution in [0.1, 0.15) is 55.0 Å². The molecule has 3 rings (SSSR count). The molecule has 2 aromatic rings. The van der Waals surface area contributed by atoms with E-state index in [4.69, 9.17) is 0 Å². The number of halogens is 12. The molecule has 0 aliphatic heterocycles. The summed E-state index contributed by atoms with van der Waals surface area (Å²) in [6, 6.07) is 2.22. The molecule has 4 nitrogen and oxygen atoms in total. The minimum Gasteiger partial charge on any atom is -0.508 e. The molecule has 1 aliphatic rings. The quantitative estimate of drug-likeness (QED) is 0.296. The van der Waals surface area contributed by atoms with Crippen molar-refractivity contribution in [3.8, 4) is 11.5 Å². The van der Waals surface area contributed by atoms with Crippen LogP contribution in [0.3, 0.4) is 0 Å². The topological polar surface area (TPSA) is 80.9 Å². The Hall–Kier alpha value is -2.88. The number of phenolic OH excluding ortho intramolecular Hbond substituents is 2. The Morgan fingerprint density at radius 1 is 0.625 bits per heavy atom. The molecule has 2 aromatic carbocycles. The molecule has 0 saturated heterocycles. The summed E-state index contributed by atoms with van der Waals surface area (Å²) in [6.07, 6.45) is -26.6. The summed E-state index contributed by atoms with van der Waals surface area (Å²) in [4.78, 5) is 0. The van der Waals surface area contributed by atoms with Crippen molar-refractivity contribution in [2.75, 3.05) is 0 Å².